The Labute approximate surface area is 113 Å². The first-order valence-corrected chi connectivity index (χ1v) is 7.68. The van der Waals surface area contributed by atoms with E-state index in [1.54, 1.807) is 0 Å². The monoisotopic (exact) mass is 315 g/mol. The molecule has 4 heteroatoms. The summed E-state index contributed by atoms with van der Waals surface area (Å²) in [5.41, 5.74) is 0. The van der Waals surface area contributed by atoms with E-state index < -0.39 is 0 Å². The van der Waals surface area contributed by atoms with Crippen molar-refractivity contribution in [3.8, 4) is 0 Å². The molecule has 0 saturated carbocycles. The van der Waals surface area contributed by atoms with Crippen molar-refractivity contribution in [1.29, 1.82) is 0 Å². The molecule has 2 heterocycles. The summed E-state index contributed by atoms with van der Waals surface area (Å²) in [6.45, 7) is 2.16. The van der Waals surface area contributed by atoms with E-state index in [0.29, 0.717) is 0 Å². The van der Waals surface area contributed by atoms with Crippen LogP contribution in [0.4, 0.5) is 0 Å². The molecule has 0 saturated heterocycles. The maximum Gasteiger partial charge on any atom is 0.0701 e. The van der Waals surface area contributed by atoms with Crippen molar-refractivity contribution in [2.24, 2.45) is 0 Å². The molecule has 0 aliphatic rings. The maximum absolute atomic E-state index is 3.49. The van der Waals surface area contributed by atoms with Crippen molar-refractivity contribution in [2.45, 2.75) is 13.0 Å². The van der Waals surface area contributed by atoms with Gasteiger partial charge in [-0.05, 0) is 53.0 Å². The molecular formula is C12H14BrNS2. The number of likely N-dealkylation sites (N-methyl/N-ethyl adjacent to an activating group) is 1. The SMILES string of the molecule is CN(CCc1cccs1)Cc1ccc(Br)s1. The minimum Gasteiger partial charge on any atom is -0.301 e. The number of halogens is 1. The first-order chi connectivity index (χ1) is 7.74. The minimum absolute atomic E-state index is 1.04. The molecule has 1 nitrogen and oxygen atoms in total. The summed E-state index contributed by atoms with van der Waals surface area (Å²) in [6.07, 6.45) is 1.15. The van der Waals surface area contributed by atoms with E-state index in [-0.39, 0.29) is 0 Å². The van der Waals surface area contributed by atoms with Crippen molar-refractivity contribution in [3.63, 3.8) is 0 Å². The quantitative estimate of drug-likeness (QED) is 0.797. The van der Waals surface area contributed by atoms with Crippen molar-refractivity contribution < 1.29 is 0 Å². The highest BCUT2D eigenvalue weighted by atomic mass is 79.9. The second-order valence-corrected chi connectivity index (χ2v) is 7.35. The smallest absolute Gasteiger partial charge is 0.0701 e. The van der Waals surface area contributed by atoms with E-state index in [0.717, 1.165) is 19.5 Å². The maximum atomic E-state index is 3.49. The van der Waals surface area contributed by atoms with E-state index in [9.17, 15) is 0 Å². The number of nitrogens with zero attached hydrogens (tertiary/aromatic N) is 1. The van der Waals surface area contributed by atoms with Crippen LogP contribution in [0.2, 0.25) is 0 Å². The molecule has 2 aromatic heterocycles. The lowest BCUT2D eigenvalue weighted by Gasteiger charge is -2.14. The largest absolute Gasteiger partial charge is 0.301 e. The van der Waals surface area contributed by atoms with Gasteiger partial charge in [-0.15, -0.1) is 22.7 Å². The Morgan fingerprint density at radius 1 is 1.25 bits per heavy atom. The van der Waals surface area contributed by atoms with Crippen LogP contribution in [0.15, 0.2) is 33.4 Å². The van der Waals surface area contributed by atoms with Gasteiger partial charge in [0.1, 0.15) is 0 Å². The van der Waals surface area contributed by atoms with Crippen molar-refractivity contribution in [3.05, 3.63) is 43.2 Å². The highest BCUT2D eigenvalue weighted by Crippen LogP contribution is 2.23. The fraction of sp³-hybridized carbons (Fsp3) is 0.333. The molecule has 0 bridgehead atoms. The third-order valence-electron chi connectivity index (χ3n) is 2.37. The molecule has 0 unspecified atom stereocenters. The lowest BCUT2D eigenvalue weighted by atomic mass is 10.3. The zero-order chi connectivity index (χ0) is 11.4. The summed E-state index contributed by atoms with van der Waals surface area (Å²) in [6, 6.07) is 8.64. The molecule has 2 rings (SSSR count). The van der Waals surface area contributed by atoms with Gasteiger partial charge in [-0.1, -0.05) is 6.07 Å². The Morgan fingerprint density at radius 2 is 2.12 bits per heavy atom. The Morgan fingerprint density at radius 3 is 2.75 bits per heavy atom. The van der Waals surface area contributed by atoms with Gasteiger partial charge in [-0.25, -0.2) is 0 Å². The predicted octanol–water partition coefficient (Wildman–Crippen LogP) is 4.25. The lowest BCUT2D eigenvalue weighted by Crippen LogP contribution is -2.19. The average molecular weight is 316 g/mol. The summed E-state index contributed by atoms with van der Waals surface area (Å²) in [5, 5.41) is 2.14. The fourth-order valence-corrected chi connectivity index (χ4v) is 3.80. The summed E-state index contributed by atoms with van der Waals surface area (Å²) < 4.78 is 1.22. The normalized spacial score (nSPS) is 11.2. The van der Waals surface area contributed by atoms with Gasteiger partial charge in [0.15, 0.2) is 0 Å². The molecule has 0 radical (unpaired) electrons. The molecule has 0 spiro atoms. The summed E-state index contributed by atoms with van der Waals surface area (Å²) >= 11 is 7.15. The Kier molecular flexibility index (Phi) is 4.58. The Bertz CT molecular complexity index is 422. The second kappa shape index (κ2) is 5.96. The number of hydrogen-bond acceptors (Lipinski definition) is 3. The number of thiophene rings is 2. The zero-order valence-electron chi connectivity index (χ0n) is 9.15. The molecule has 16 heavy (non-hydrogen) atoms. The first-order valence-electron chi connectivity index (χ1n) is 5.19. The molecule has 0 aliphatic heterocycles. The average Bonchev–Trinajstić information content (AvgIpc) is 2.87. The molecule has 0 aliphatic carbocycles. The van der Waals surface area contributed by atoms with Crippen LogP contribution >= 0.6 is 38.6 Å². The zero-order valence-corrected chi connectivity index (χ0v) is 12.4. The van der Waals surface area contributed by atoms with Crippen LogP contribution in [0, 0.1) is 0 Å². The number of rotatable bonds is 5. The first kappa shape index (κ1) is 12.3. The van der Waals surface area contributed by atoms with Gasteiger partial charge in [0, 0.05) is 22.8 Å². The molecule has 86 valence electrons. The summed E-state index contributed by atoms with van der Waals surface area (Å²) in [5.74, 6) is 0. The van der Waals surface area contributed by atoms with E-state index >= 15 is 0 Å². The van der Waals surface area contributed by atoms with Crippen LogP contribution in [-0.2, 0) is 13.0 Å². The van der Waals surface area contributed by atoms with Crippen LogP contribution in [0.25, 0.3) is 0 Å². The molecular weight excluding hydrogens is 302 g/mol. The highest BCUT2D eigenvalue weighted by Gasteiger charge is 2.03. The Hall–Kier alpha value is -0.160. The Balaban J connectivity index is 1.78. The molecule has 0 aromatic carbocycles. The van der Waals surface area contributed by atoms with Crippen LogP contribution < -0.4 is 0 Å². The van der Waals surface area contributed by atoms with Gasteiger partial charge in [-0.2, -0.15) is 0 Å². The third-order valence-corrected chi connectivity index (χ3v) is 4.92. The topological polar surface area (TPSA) is 3.24 Å². The van der Waals surface area contributed by atoms with Crippen LogP contribution in [0.5, 0.6) is 0 Å². The summed E-state index contributed by atoms with van der Waals surface area (Å²) in [7, 11) is 2.18. The third kappa shape index (κ3) is 3.70. The van der Waals surface area contributed by atoms with E-state index in [1.807, 2.05) is 22.7 Å². The van der Waals surface area contributed by atoms with Gasteiger partial charge in [-0.3, -0.25) is 0 Å². The van der Waals surface area contributed by atoms with E-state index in [4.69, 9.17) is 0 Å². The lowest BCUT2D eigenvalue weighted by molar-refractivity contribution is 0.335. The van der Waals surface area contributed by atoms with Crippen molar-refractivity contribution >= 4 is 38.6 Å². The molecule has 0 N–H and O–H groups in total. The van der Waals surface area contributed by atoms with Gasteiger partial charge in [0.2, 0.25) is 0 Å². The van der Waals surface area contributed by atoms with Gasteiger partial charge in [0.25, 0.3) is 0 Å². The van der Waals surface area contributed by atoms with Crippen LogP contribution in [0.1, 0.15) is 9.75 Å². The molecule has 0 amide bonds. The van der Waals surface area contributed by atoms with Gasteiger partial charge in [0.05, 0.1) is 3.79 Å². The minimum atomic E-state index is 1.04. The van der Waals surface area contributed by atoms with E-state index in [1.165, 1.54) is 13.5 Å². The van der Waals surface area contributed by atoms with Gasteiger partial charge >= 0.3 is 0 Å². The van der Waals surface area contributed by atoms with E-state index in [2.05, 4.69) is 57.5 Å². The van der Waals surface area contributed by atoms with Crippen molar-refractivity contribution in [2.75, 3.05) is 13.6 Å². The molecule has 0 fully saturated rings. The van der Waals surface area contributed by atoms with Crippen LogP contribution in [0.3, 0.4) is 0 Å². The van der Waals surface area contributed by atoms with Crippen molar-refractivity contribution in [1.82, 2.24) is 4.90 Å². The molecule has 2 aromatic rings. The summed E-state index contributed by atoms with van der Waals surface area (Å²) in [4.78, 5) is 5.26. The van der Waals surface area contributed by atoms with Gasteiger partial charge < -0.3 is 4.90 Å². The second-order valence-electron chi connectivity index (χ2n) is 3.77. The predicted molar refractivity (Wildman–Crippen MR) is 76.4 cm³/mol. The standard InChI is InChI=1S/C12H14BrNS2/c1-14(7-6-10-3-2-8-15-10)9-11-4-5-12(13)16-11/h2-5,8H,6-7,9H2,1H3. The molecule has 0 atom stereocenters. The number of hydrogen-bond donors (Lipinski definition) is 0. The highest BCUT2D eigenvalue weighted by molar-refractivity contribution is 9.11. The van der Waals surface area contributed by atoms with Crippen LogP contribution in [-0.4, -0.2) is 18.5 Å². The fourth-order valence-electron chi connectivity index (χ4n) is 1.54.